The Bertz CT molecular complexity index is 1400. The highest BCUT2D eigenvalue weighted by Crippen LogP contribution is 2.42. The molecule has 0 atom stereocenters. The summed E-state index contributed by atoms with van der Waals surface area (Å²) in [7, 11) is 0. The second kappa shape index (κ2) is 10.2. The average molecular weight is 547 g/mol. The van der Waals surface area contributed by atoms with E-state index >= 15 is 0 Å². The third-order valence-electron chi connectivity index (χ3n) is 7.15. The van der Waals surface area contributed by atoms with Crippen molar-refractivity contribution in [3.63, 3.8) is 0 Å². The fourth-order valence-corrected chi connectivity index (χ4v) is 5.94. The molecule has 0 unspecified atom stereocenters. The van der Waals surface area contributed by atoms with Crippen molar-refractivity contribution in [2.45, 2.75) is 132 Å². The Morgan fingerprint density at radius 2 is 0.667 bits per heavy atom. The zero-order valence-corrected chi connectivity index (χ0v) is 28.2. The summed E-state index contributed by atoms with van der Waals surface area (Å²) in [4.78, 5) is 22.1. The Hall–Kier alpha value is -2.40. The van der Waals surface area contributed by atoms with Crippen LogP contribution in [0.1, 0.15) is 127 Å². The van der Waals surface area contributed by atoms with Crippen molar-refractivity contribution >= 4 is 33.4 Å². The average Bonchev–Trinajstić information content (AvgIpc) is 3.12. The van der Waals surface area contributed by atoms with Crippen molar-refractivity contribution in [2.24, 2.45) is 0 Å². The molecule has 0 aliphatic rings. The highest BCUT2D eigenvalue weighted by Gasteiger charge is 2.29. The summed E-state index contributed by atoms with van der Waals surface area (Å²) in [6, 6.07) is 4.46. The maximum Gasteiger partial charge on any atom is 0.104 e. The fraction of sp³-hybridized carbons (Fsp3) is 0.588. The predicted octanol–water partition coefficient (Wildman–Crippen LogP) is 9.74. The van der Waals surface area contributed by atoms with Gasteiger partial charge in [-0.05, 0) is 60.5 Å². The Labute approximate surface area is 241 Å². The van der Waals surface area contributed by atoms with Crippen molar-refractivity contribution in [2.75, 3.05) is 0 Å². The number of aromatic nitrogens is 4. The van der Waals surface area contributed by atoms with Gasteiger partial charge in [-0.25, -0.2) is 19.9 Å². The number of benzene rings is 1. The van der Waals surface area contributed by atoms with Gasteiger partial charge in [0.25, 0.3) is 0 Å². The summed E-state index contributed by atoms with van der Waals surface area (Å²) in [6.45, 7) is 35.1. The van der Waals surface area contributed by atoms with Gasteiger partial charge in [0.1, 0.15) is 11.0 Å². The first kappa shape index (κ1) is 31.1. The van der Waals surface area contributed by atoms with Crippen molar-refractivity contribution < 1.29 is 0 Å². The predicted molar refractivity (Wildman–Crippen MR) is 171 cm³/mol. The Balaban J connectivity index is 0.000000216. The van der Waals surface area contributed by atoms with Crippen LogP contribution in [0.4, 0.5) is 0 Å². The van der Waals surface area contributed by atoms with E-state index in [2.05, 4.69) is 95.2 Å². The van der Waals surface area contributed by atoms with Gasteiger partial charge in [-0.1, -0.05) is 95.2 Å². The summed E-state index contributed by atoms with van der Waals surface area (Å²) in [5, 5.41) is 0. The third-order valence-corrected chi connectivity index (χ3v) is 9.17. The van der Waals surface area contributed by atoms with Gasteiger partial charge in [-0.3, -0.25) is 0 Å². The van der Waals surface area contributed by atoms with E-state index in [1.165, 1.54) is 20.9 Å². The largest absolute Gasteiger partial charge is 0.249 e. The van der Waals surface area contributed by atoms with Gasteiger partial charge in [0.15, 0.2) is 0 Å². The van der Waals surface area contributed by atoms with Crippen LogP contribution in [-0.2, 0) is 21.7 Å². The molecule has 4 nitrogen and oxygen atoms in total. The number of thiophene rings is 1. The Morgan fingerprint density at radius 1 is 0.410 bits per heavy atom. The molecule has 3 heterocycles. The summed E-state index contributed by atoms with van der Waals surface area (Å²) in [5.74, 6) is 0. The Morgan fingerprint density at radius 3 is 0.897 bits per heavy atom. The van der Waals surface area contributed by atoms with Crippen molar-refractivity contribution in [3.05, 3.63) is 55.8 Å². The first-order valence-electron chi connectivity index (χ1n) is 14.1. The number of fused-ring (bicyclic) bond motifs is 2. The van der Waals surface area contributed by atoms with E-state index in [0.717, 1.165) is 44.8 Å². The third kappa shape index (κ3) is 6.51. The Kier molecular flexibility index (Phi) is 8.15. The molecule has 0 spiro atoms. The first-order valence-corrected chi connectivity index (χ1v) is 14.9. The molecular weight excluding hydrogens is 496 g/mol. The van der Waals surface area contributed by atoms with Gasteiger partial charge in [-0.15, -0.1) is 11.3 Å². The van der Waals surface area contributed by atoms with Gasteiger partial charge < -0.3 is 0 Å². The quantitative estimate of drug-likeness (QED) is 0.220. The normalized spacial score (nSPS) is 13.1. The van der Waals surface area contributed by atoms with Crippen LogP contribution in [0.2, 0.25) is 0 Å². The molecule has 212 valence electrons. The second-order valence-electron chi connectivity index (χ2n) is 15.1. The van der Waals surface area contributed by atoms with E-state index in [9.17, 15) is 0 Å². The lowest BCUT2D eigenvalue weighted by molar-refractivity contribution is 0.583. The van der Waals surface area contributed by atoms with Gasteiger partial charge in [-0.2, -0.15) is 0 Å². The molecule has 3 aromatic heterocycles. The van der Waals surface area contributed by atoms with Crippen LogP contribution in [0.15, 0.2) is 12.1 Å². The van der Waals surface area contributed by atoms with Crippen LogP contribution in [0.5, 0.6) is 0 Å². The van der Waals surface area contributed by atoms with Crippen LogP contribution < -0.4 is 0 Å². The molecule has 0 saturated carbocycles. The van der Waals surface area contributed by atoms with E-state index in [1.807, 2.05) is 39.0 Å². The molecule has 5 heteroatoms. The summed E-state index contributed by atoms with van der Waals surface area (Å²) in [5.41, 5.74) is 11.4. The SMILES string of the molecule is Cc1nc2c(C(C)(C)C)ccc(C(C)(C)C)c2nc1C.Cc1nc2c(C(C)(C)C)sc(C(C)(C)C)c2nc1C. The van der Waals surface area contributed by atoms with Crippen LogP contribution in [0.3, 0.4) is 0 Å². The van der Waals surface area contributed by atoms with Gasteiger partial charge in [0, 0.05) is 9.75 Å². The van der Waals surface area contributed by atoms with Crippen LogP contribution >= 0.6 is 11.3 Å². The fourth-order valence-electron chi connectivity index (χ4n) is 4.65. The topological polar surface area (TPSA) is 51.6 Å². The number of rotatable bonds is 0. The van der Waals surface area contributed by atoms with Crippen molar-refractivity contribution in [1.29, 1.82) is 0 Å². The van der Waals surface area contributed by atoms with Crippen molar-refractivity contribution in [3.8, 4) is 0 Å². The van der Waals surface area contributed by atoms with Crippen molar-refractivity contribution in [1.82, 2.24) is 19.9 Å². The molecule has 0 bridgehead atoms. The minimum atomic E-state index is 0.0744. The lowest BCUT2D eigenvalue weighted by Gasteiger charge is -2.26. The van der Waals surface area contributed by atoms with E-state index in [0.29, 0.717) is 0 Å². The number of aryl methyl sites for hydroxylation is 4. The van der Waals surface area contributed by atoms with Gasteiger partial charge in [0.05, 0.1) is 33.8 Å². The van der Waals surface area contributed by atoms with E-state index in [4.69, 9.17) is 19.9 Å². The number of nitrogens with zero attached hydrogens (tertiary/aromatic N) is 4. The molecule has 1 aromatic carbocycles. The zero-order chi connectivity index (χ0) is 29.9. The smallest absolute Gasteiger partial charge is 0.104 e. The van der Waals surface area contributed by atoms with Crippen LogP contribution in [-0.4, -0.2) is 19.9 Å². The molecule has 0 fully saturated rings. The maximum absolute atomic E-state index is 4.85. The lowest BCUT2D eigenvalue weighted by Crippen LogP contribution is -2.17. The molecule has 0 saturated heterocycles. The van der Waals surface area contributed by atoms with E-state index in [1.54, 1.807) is 0 Å². The first-order chi connectivity index (χ1) is 17.5. The van der Waals surface area contributed by atoms with Crippen LogP contribution in [0, 0.1) is 27.7 Å². The summed E-state index contributed by atoms with van der Waals surface area (Å²) >= 11 is 1.88. The molecule has 39 heavy (non-hydrogen) atoms. The number of hydrogen-bond acceptors (Lipinski definition) is 5. The number of hydrogen-bond donors (Lipinski definition) is 0. The van der Waals surface area contributed by atoms with Crippen LogP contribution in [0.25, 0.3) is 22.1 Å². The molecule has 4 aromatic rings. The highest BCUT2D eigenvalue weighted by atomic mass is 32.1. The molecular formula is C34H50N4S. The molecule has 0 radical (unpaired) electrons. The lowest BCUT2D eigenvalue weighted by atomic mass is 9.80. The molecule has 0 aliphatic heterocycles. The highest BCUT2D eigenvalue weighted by molar-refractivity contribution is 7.14. The van der Waals surface area contributed by atoms with E-state index < -0.39 is 0 Å². The maximum atomic E-state index is 4.85. The summed E-state index contributed by atoms with van der Waals surface area (Å²) < 4.78 is 0. The second-order valence-corrected chi connectivity index (χ2v) is 16.1. The molecule has 4 rings (SSSR count). The zero-order valence-electron chi connectivity index (χ0n) is 27.4. The van der Waals surface area contributed by atoms with Gasteiger partial charge >= 0.3 is 0 Å². The summed E-state index contributed by atoms with van der Waals surface area (Å²) in [6.07, 6.45) is 0. The minimum absolute atomic E-state index is 0.0744. The van der Waals surface area contributed by atoms with E-state index in [-0.39, 0.29) is 21.7 Å². The molecule has 0 aliphatic carbocycles. The standard InChI is InChI=1S/C18H26N2.C16H24N2S/c1-11-12(2)20-16-14(18(6,7)8)10-9-13(15(16)19-11)17(3,4)5;1-9-10(2)18-12-11(17-9)13(15(3,4)5)19-14(12)16(6,7)8/h9-10H,1-8H3;1-8H3. The van der Waals surface area contributed by atoms with Gasteiger partial charge in [0.2, 0.25) is 0 Å². The minimum Gasteiger partial charge on any atom is -0.249 e. The molecule has 0 amide bonds. The monoisotopic (exact) mass is 546 g/mol. The molecule has 0 N–H and O–H groups in total.